The van der Waals surface area contributed by atoms with E-state index < -0.39 is 31.6 Å². The highest BCUT2D eigenvalue weighted by Gasteiger charge is 2.65. The Balaban J connectivity index is 1.30. The molecule has 0 N–H and O–H groups in total. The largest absolute Gasteiger partial charge is 0.493 e. The molecule has 0 bridgehead atoms. The molecular weight excluding hydrogens is 1830 g/mol. The van der Waals surface area contributed by atoms with E-state index in [-0.39, 0.29) is 86.6 Å². The molecule has 0 atom stereocenters. The Labute approximate surface area is 901 Å². The minimum atomic E-state index is -2.16. The van der Waals surface area contributed by atoms with Gasteiger partial charge in [0, 0.05) is 44.5 Å². The van der Waals surface area contributed by atoms with Crippen LogP contribution in [0.25, 0.3) is 0 Å². The number of hydrogen-bond acceptors (Lipinski definition) is 4. The second kappa shape index (κ2) is 43.4. The smallest absolute Gasteiger partial charge is 0.127 e. The van der Waals surface area contributed by atoms with Crippen LogP contribution in [0.1, 0.15) is 595 Å². The zero-order valence-electron chi connectivity index (χ0n) is 101. The van der Waals surface area contributed by atoms with Crippen molar-refractivity contribution in [2.24, 2.45) is 0 Å². The summed E-state index contributed by atoms with van der Waals surface area (Å²) >= 11 is 0. The van der Waals surface area contributed by atoms with Gasteiger partial charge in [-0.2, -0.15) is 0 Å². The Hall–Kier alpha value is -5.39. The van der Waals surface area contributed by atoms with E-state index in [1.165, 1.54) is 100 Å². The van der Waals surface area contributed by atoms with Gasteiger partial charge in [-0.25, -0.2) is 0 Å². The molecule has 0 fully saturated rings. The highest BCUT2D eigenvalue weighted by atomic mass is 28.9. The summed E-state index contributed by atoms with van der Waals surface area (Å²) in [4.78, 5) is 0. The van der Waals surface area contributed by atoms with E-state index in [0.29, 0.717) is 0 Å². The van der Waals surface area contributed by atoms with Crippen LogP contribution in [-0.2, 0) is 86.6 Å². The molecule has 15 rings (SSSR count). The number of fused-ring (bicyclic) bond motifs is 8. The summed E-state index contributed by atoms with van der Waals surface area (Å²) in [6, 6.07) is 38.3. The molecule has 0 heterocycles. The van der Waals surface area contributed by atoms with Gasteiger partial charge < -0.3 is 18.9 Å². The summed E-state index contributed by atoms with van der Waals surface area (Å²) in [6.07, 6.45) is 45.5. The van der Waals surface area contributed by atoms with E-state index in [2.05, 4.69) is 334 Å². The molecule has 0 radical (unpaired) electrons. The molecule has 0 spiro atoms. The number of hydrogen-bond donors (Lipinski definition) is 0. The Bertz CT molecular complexity index is 5300. The van der Waals surface area contributed by atoms with Gasteiger partial charge in [-0.3, -0.25) is 0 Å². The summed E-state index contributed by atoms with van der Waals surface area (Å²) in [5, 5.41) is 13.9. The van der Waals surface area contributed by atoms with Gasteiger partial charge in [0.2, 0.25) is 0 Å². The second-order valence-electron chi connectivity index (χ2n) is 54.6. The van der Waals surface area contributed by atoms with Gasteiger partial charge in [0.1, 0.15) is 23.0 Å². The molecule has 0 unspecified atom stereocenters. The average molecular weight is 2050 g/mol. The minimum Gasteiger partial charge on any atom is -0.493 e. The molecule has 4 nitrogen and oxygen atoms in total. The van der Waals surface area contributed by atoms with Crippen molar-refractivity contribution < 1.29 is 18.9 Å². The average Bonchev–Trinajstić information content (AvgIpc) is 1.49. The van der Waals surface area contributed by atoms with Crippen LogP contribution in [0.4, 0.5) is 0 Å². The van der Waals surface area contributed by atoms with E-state index in [1.54, 1.807) is 110 Å². The maximum absolute atomic E-state index is 8.23. The lowest BCUT2D eigenvalue weighted by molar-refractivity contribution is 0.282. The van der Waals surface area contributed by atoms with Gasteiger partial charge in [0.15, 0.2) is 0 Å². The Kier molecular flexibility index (Phi) is 34.1. The summed E-state index contributed by atoms with van der Waals surface area (Å²) < 4.78 is 32.8. The fourth-order valence-electron chi connectivity index (χ4n) is 35.4. The first-order valence-electron chi connectivity index (χ1n) is 61.6. The van der Waals surface area contributed by atoms with Crippen LogP contribution in [0.15, 0.2) is 84.9 Å². The molecule has 0 amide bonds. The standard InChI is InChI=1S/C138H210O4Si4/c1-37-57-61-71-83-139-115-99-107(131(41-5,42-6)87-123(99,21)22)119(108-100(115)124(23,24)88-132(108,43-7)44-8)143(95-75-67-65-68-76-95)145(121-111-103(127(29,30)91-135(111,49-13)50-14)117(141-85-73-63-59-39-3)104-112(121)136(51-15,52-16)92-128(104,31)32)97-79-81-98(82-80-97)146(122-113-105(129(33,34)93-137(113,53-17)54-18)118(142-86-74-64-60-40-4)106-114(122)138(55-19,56-20)94-130(106,35)36)144(96-77-69-66-70-78-96)120-109-101(125(25,26)89-133(109,45-9)46-10)116(140-84-72-62-58-38-2)102-110(120)134(47-11,48-12)90-126(102,27)28/h65-70,75-82H,37-64,71-74,83-94H2,1-36H3. The van der Waals surface area contributed by atoms with Crippen LogP contribution in [0.2, 0.25) is 0 Å². The van der Waals surface area contributed by atoms with Crippen LogP contribution in [0.3, 0.4) is 0 Å². The molecule has 802 valence electrons. The fourth-order valence-corrected chi connectivity index (χ4v) is 57.3. The van der Waals surface area contributed by atoms with Crippen molar-refractivity contribution in [2.45, 2.75) is 593 Å². The minimum absolute atomic E-state index is 0.101. The Morgan fingerprint density at radius 3 is 0.438 bits per heavy atom. The molecule has 146 heavy (non-hydrogen) atoms. The number of unbranched alkanes of at least 4 members (excludes halogenated alkanes) is 12. The third-order valence-electron chi connectivity index (χ3n) is 42.6. The molecule has 8 heteroatoms. The SMILES string of the molecule is CCCCCCOc1c2c(c([Si](c3ccccc3)=[Si](c3ccc([Si](c4c5c(c(OCCCCCC)c6c4C(CC)(CC)CC6(C)C)C(C)(C)CC5(CC)CC)=[Si](c4ccccc4)c4c5c(c(OCCCCCC)c6c4C(CC)(CC)CC6(C)C)C(C)(C)CC5(CC)CC)cc3)c3c4c(c(OCCCCCC)c5c3C(CC)(CC)CC5(C)C)C(C)(C)CC4(CC)CC)c3c1C(C)(C)CC3(CC)CC)C(CC)(CC)CC2(C)C. The highest BCUT2D eigenvalue weighted by Crippen LogP contribution is 2.70. The lowest BCUT2D eigenvalue weighted by Gasteiger charge is -2.40. The summed E-state index contributed by atoms with van der Waals surface area (Å²) in [7, 11) is -8.50. The van der Waals surface area contributed by atoms with Crippen LogP contribution < -0.4 is 60.4 Å². The van der Waals surface area contributed by atoms with Crippen LogP contribution in [0.5, 0.6) is 23.0 Å². The number of benzene rings is 7. The zero-order chi connectivity index (χ0) is 106. The van der Waals surface area contributed by atoms with E-state index >= 15 is 0 Å². The van der Waals surface area contributed by atoms with Crippen LogP contribution >= 0.6 is 0 Å². The van der Waals surface area contributed by atoms with Crippen molar-refractivity contribution >= 4 is 73.1 Å². The second-order valence-corrected chi connectivity index (χ2v) is 68.0. The fraction of sp³-hybridized carbons (Fsp3) is 0.696. The van der Waals surface area contributed by atoms with Gasteiger partial charge in [0.25, 0.3) is 0 Å². The predicted octanol–water partition coefficient (Wildman–Crippen LogP) is 33.4. The van der Waals surface area contributed by atoms with Crippen molar-refractivity contribution in [2.75, 3.05) is 26.4 Å². The Morgan fingerprint density at radius 2 is 0.308 bits per heavy atom. The normalized spacial score (nSPS) is 21.0. The third-order valence-corrected chi connectivity index (χ3v) is 60.7. The van der Waals surface area contributed by atoms with Crippen LogP contribution in [0, 0.1) is 0 Å². The topological polar surface area (TPSA) is 36.9 Å². The van der Waals surface area contributed by atoms with Crippen LogP contribution in [-0.4, -0.2) is 58.0 Å². The molecule has 0 aliphatic heterocycles. The maximum atomic E-state index is 8.23. The van der Waals surface area contributed by atoms with Gasteiger partial charge in [-0.15, -0.1) is 0 Å². The molecule has 7 aromatic carbocycles. The van der Waals surface area contributed by atoms with Gasteiger partial charge >= 0.3 is 0 Å². The first-order chi connectivity index (χ1) is 69.3. The summed E-state index contributed by atoms with van der Waals surface area (Å²) in [5.74, 6) is 5.26. The van der Waals surface area contributed by atoms with E-state index in [9.17, 15) is 0 Å². The molecule has 7 aromatic rings. The maximum Gasteiger partial charge on any atom is 0.127 e. The molecule has 0 saturated carbocycles. The molecule has 0 saturated heterocycles. The van der Waals surface area contributed by atoms with E-state index in [0.717, 1.165) is 206 Å². The van der Waals surface area contributed by atoms with Crippen molar-refractivity contribution in [1.29, 1.82) is 0 Å². The highest BCUT2D eigenvalue weighted by molar-refractivity contribution is 7.21. The third kappa shape index (κ3) is 18.5. The number of rotatable bonds is 48. The van der Waals surface area contributed by atoms with E-state index in [4.69, 9.17) is 18.9 Å². The predicted molar refractivity (Wildman–Crippen MR) is 643 cm³/mol. The van der Waals surface area contributed by atoms with Gasteiger partial charge in [0.05, 0.1) is 58.0 Å². The molecular formula is C138H210O4Si4. The first kappa shape index (κ1) is 115. The molecule has 0 aromatic heterocycles. The number of ether oxygens (including phenoxy) is 4. The van der Waals surface area contributed by atoms with Gasteiger partial charge in [-0.05, 0) is 352 Å². The monoisotopic (exact) mass is 2040 g/mol. The Morgan fingerprint density at radius 1 is 0.171 bits per heavy atom. The lowest BCUT2D eigenvalue weighted by atomic mass is 9.72. The lowest BCUT2D eigenvalue weighted by Crippen LogP contribution is -2.59. The molecule has 8 aliphatic carbocycles. The molecule has 8 aliphatic rings. The van der Waals surface area contributed by atoms with Crippen molar-refractivity contribution in [1.82, 2.24) is 0 Å². The zero-order valence-corrected chi connectivity index (χ0v) is 105. The summed E-state index contributed by atoms with van der Waals surface area (Å²) in [6.45, 7) is 98.5. The summed E-state index contributed by atoms with van der Waals surface area (Å²) in [5.41, 5.74) is 24.6. The van der Waals surface area contributed by atoms with Gasteiger partial charge in [-0.1, -0.05) is 411 Å². The first-order valence-corrected chi connectivity index (χ1v) is 69.6. The van der Waals surface area contributed by atoms with Crippen molar-refractivity contribution in [3.05, 3.63) is 174 Å². The van der Waals surface area contributed by atoms with Crippen molar-refractivity contribution in [3.8, 4) is 23.0 Å². The van der Waals surface area contributed by atoms with Crippen molar-refractivity contribution in [3.63, 3.8) is 0 Å². The van der Waals surface area contributed by atoms with E-state index in [1.807, 2.05) is 20.7 Å². The quantitative estimate of drug-likeness (QED) is 0.0281.